The zero-order valence-electron chi connectivity index (χ0n) is 20.2. The lowest BCUT2D eigenvalue weighted by Gasteiger charge is -2.20. The van der Waals surface area contributed by atoms with Gasteiger partial charge < -0.3 is 34.8 Å². The summed E-state index contributed by atoms with van der Waals surface area (Å²) in [6, 6.07) is 12.5. The number of nitrogens with two attached hydrogens (primary N) is 1. The molecule has 10 nitrogen and oxygen atoms in total. The third-order valence-corrected chi connectivity index (χ3v) is 5.66. The number of primary amides is 1. The standard InChI is InChI=1S/C26H28N2O8/c1-33-17-7-4-15(5-8-17)10-11-36-21-12-16(6-9-20(21)34-2)18(13-22(27)29)23-24(30)19(26(32)35-3)14-28-25(23)31/h4-9,12,14,18H,10-11,13H2,1-3H3,(H2,27,29)(H2,28,30,31)/t18-/m1/s1. The summed E-state index contributed by atoms with van der Waals surface area (Å²) in [5, 5.41) is 10.8. The van der Waals surface area contributed by atoms with E-state index in [0.29, 0.717) is 30.1 Å². The molecule has 0 aliphatic rings. The van der Waals surface area contributed by atoms with Crippen LogP contribution in [0.4, 0.5) is 0 Å². The first kappa shape index (κ1) is 26.1. The Morgan fingerprint density at radius 2 is 1.75 bits per heavy atom. The first-order valence-electron chi connectivity index (χ1n) is 11.0. The molecule has 2 aromatic carbocycles. The van der Waals surface area contributed by atoms with Gasteiger partial charge in [-0.1, -0.05) is 18.2 Å². The molecular weight excluding hydrogens is 468 g/mol. The monoisotopic (exact) mass is 496 g/mol. The van der Waals surface area contributed by atoms with E-state index >= 15 is 0 Å². The molecule has 0 saturated carbocycles. The molecule has 0 fully saturated rings. The summed E-state index contributed by atoms with van der Waals surface area (Å²) in [4.78, 5) is 39.1. The molecule has 1 atom stereocenters. The minimum atomic E-state index is -0.967. The molecule has 190 valence electrons. The van der Waals surface area contributed by atoms with Gasteiger partial charge in [-0.3, -0.25) is 9.59 Å². The minimum absolute atomic E-state index is 0.189. The minimum Gasteiger partial charge on any atom is -0.506 e. The number of amides is 1. The highest BCUT2D eigenvalue weighted by Gasteiger charge is 2.28. The van der Waals surface area contributed by atoms with E-state index in [-0.39, 0.29) is 17.5 Å². The molecule has 0 bridgehead atoms. The number of carbonyl (C=O) groups is 2. The highest BCUT2D eigenvalue weighted by atomic mass is 16.5. The van der Waals surface area contributed by atoms with E-state index in [9.17, 15) is 19.5 Å². The molecule has 3 aromatic rings. The highest BCUT2D eigenvalue weighted by molar-refractivity contribution is 5.92. The van der Waals surface area contributed by atoms with E-state index in [2.05, 4.69) is 9.72 Å². The maximum absolute atomic E-state index is 12.7. The van der Waals surface area contributed by atoms with E-state index in [4.69, 9.17) is 19.9 Å². The van der Waals surface area contributed by atoms with Crippen molar-refractivity contribution < 1.29 is 33.6 Å². The highest BCUT2D eigenvalue weighted by Crippen LogP contribution is 2.37. The van der Waals surface area contributed by atoms with Crippen LogP contribution in [0.15, 0.2) is 53.5 Å². The smallest absolute Gasteiger partial charge is 0.343 e. The predicted molar refractivity (Wildman–Crippen MR) is 131 cm³/mol. The van der Waals surface area contributed by atoms with Gasteiger partial charge in [-0.15, -0.1) is 0 Å². The number of aromatic nitrogens is 1. The van der Waals surface area contributed by atoms with Crippen LogP contribution >= 0.6 is 0 Å². The molecule has 1 heterocycles. The Kier molecular flexibility index (Phi) is 8.56. The molecule has 0 saturated heterocycles. The van der Waals surface area contributed by atoms with Crippen molar-refractivity contribution in [2.45, 2.75) is 18.8 Å². The maximum atomic E-state index is 12.7. The van der Waals surface area contributed by atoms with Crippen LogP contribution in [0.1, 0.15) is 39.4 Å². The second-order valence-electron chi connectivity index (χ2n) is 7.87. The molecule has 1 amide bonds. The molecule has 0 spiro atoms. The Hall–Kier alpha value is -4.47. The van der Waals surface area contributed by atoms with Gasteiger partial charge in [-0.2, -0.15) is 0 Å². The van der Waals surface area contributed by atoms with Crippen LogP contribution in [0.25, 0.3) is 0 Å². The van der Waals surface area contributed by atoms with E-state index in [1.54, 1.807) is 25.3 Å². The van der Waals surface area contributed by atoms with Crippen LogP contribution in [0.2, 0.25) is 0 Å². The second-order valence-corrected chi connectivity index (χ2v) is 7.87. The van der Waals surface area contributed by atoms with Crippen LogP contribution in [0, 0.1) is 0 Å². The van der Waals surface area contributed by atoms with Crippen LogP contribution in [0.5, 0.6) is 23.0 Å². The number of aromatic hydroxyl groups is 1. The Balaban J connectivity index is 1.95. The largest absolute Gasteiger partial charge is 0.506 e. The van der Waals surface area contributed by atoms with Crippen LogP contribution in [-0.2, 0) is 16.0 Å². The van der Waals surface area contributed by atoms with Crippen molar-refractivity contribution in [2.75, 3.05) is 27.9 Å². The number of rotatable bonds is 11. The van der Waals surface area contributed by atoms with Crippen molar-refractivity contribution in [2.24, 2.45) is 5.73 Å². The lowest BCUT2D eigenvalue weighted by Crippen LogP contribution is -2.24. The van der Waals surface area contributed by atoms with Gasteiger partial charge >= 0.3 is 5.97 Å². The van der Waals surface area contributed by atoms with Gasteiger partial charge in [0.2, 0.25) is 5.91 Å². The number of carbonyl (C=O) groups excluding carboxylic acids is 2. The van der Waals surface area contributed by atoms with Crippen molar-refractivity contribution in [3.8, 4) is 23.0 Å². The maximum Gasteiger partial charge on any atom is 0.343 e. The molecule has 0 radical (unpaired) electrons. The lowest BCUT2D eigenvalue weighted by molar-refractivity contribution is -0.118. The first-order valence-corrected chi connectivity index (χ1v) is 11.0. The van der Waals surface area contributed by atoms with Gasteiger partial charge in [0.1, 0.15) is 17.1 Å². The molecule has 10 heteroatoms. The van der Waals surface area contributed by atoms with E-state index in [0.717, 1.165) is 24.6 Å². The van der Waals surface area contributed by atoms with Crippen molar-refractivity contribution in [3.05, 3.63) is 81.3 Å². The topological polar surface area (TPSA) is 150 Å². The second kappa shape index (κ2) is 11.8. The molecule has 0 aliphatic carbocycles. The molecular formula is C26H28N2O8. The third kappa shape index (κ3) is 5.96. The zero-order chi connectivity index (χ0) is 26.2. The molecule has 3 rings (SSSR count). The van der Waals surface area contributed by atoms with Gasteiger partial charge in [-0.05, 0) is 35.4 Å². The SMILES string of the molecule is COC(=O)c1c[nH]c(=O)c([C@H](CC(N)=O)c2ccc(OC)c(OCCc3ccc(OC)cc3)c2)c1O. The summed E-state index contributed by atoms with van der Waals surface area (Å²) >= 11 is 0. The first-order chi connectivity index (χ1) is 17.3. The Labute approximate surface area is 207 Å². The number of H-pyrrole nitrogens is 1. The number of methoxy groups -OCH3 is 3. The number of hydrogen-bond acceptors (Lipinski definition) is 8. The third-order valence-electron chi connectivity index (χ3n) is 5.66. The number of benzene rings is 2. The van der Waals surface area contributed by atoms with Gasteiger partial charge in [0, 0.05) is 25.0 Å². The van der Waals surface area contributed by atoms with Crippen LogP contribution < -0.4 is 25.5 Å². The summed E-state index contributed by atoms with van der Waals surface area (Å²) in [5.41, 5.74) is 5.84. The van der Waals surface area contributed by atoms with Crippen LogP contribution in [0.3, 0.4) is 0 Å². The Bertz CT molecular complexity index is 1280. The fraction of sp³-hybridized carbons (Fsp3) is 0.269. The Morgan fingerprint density at radius 3 is 2.36 bits per heavy atom. The quantitative estimate of drug-likeness (QED) is 0.343. The number of nitrogens with one attached hydrogen (secondary N) is 1. The van der Waals surface area contributed by atoms with Crippen molar-refractivity contribution in [1.82, 2.24) is 4.98 Å². The lowest BCUT2D eigenvalue weighted by atomic mass is 9.87. The van der Waals surface area contributed by atoms with E-state index < -0.39 is 29.1 Å². The number of hydrogen-bond donors (Lipinski definition) is 3. The fourth-order valence-electron chi connectivity index (χ4n) is 3.81. The summed E-state index contributed by atoms with van der Waals surface area (Å²) in [6.07, 6.45) is 1.35. The normalized spacial score (nSPS) is 11.4. The number of pyridine rings is 1. The van der Waals surface area contributed by atoms with Gasteiger partial charge in [0.25, 0.3) is 5.56 Å². The van der Waals surface area contributed by atoms with Gasteiger partial charge in [0.05, 0.1) is 33.5 Å². The van der Waals surface area contributed by atoms with Crippen molar-refractivity contribution >= 4 is 11.9 Å². The van der Waals surface area contributed by atoms with Crippen molar-refractivity contribution in [1.29, 1.82) is 0 Å². The predicted octanol–water partition coefficient (Wildman–Crippen LogP) is 2.51. The summed E-state index contributed by atoms with van der Waals surface area (Å²) in [7, 11) is 4.23. The fourth-order valence-corrected chi connectivity index (χ4v) is 3.81. The summed E-state index contributed by atoms with van der Waals surface area (Å²) in [5.74, 6) is -1.55. The molecule has 0 unspecified atom stereocenters. The number of ether oxygens (including phenoxy) is 4. The molecule has 1 aromatic heterocycles. The van der Waals surface area contributed by atoms with Gasteiger partial charge in [-0.25, -0.2) is 4.79 Å². The number of aromatic amines is 1. The van der Waals surface area contributed by atoms with Gasteiger partial charge in [0.15, 0.2) is 11.5 Å². The average molecular weight is 497 g/mol. The summed E-state index contributed by atoms with van der Waals surface area (Å²) < 4.78 is 21.2. The Morgan fingerprint density at radius 1 is 1.03 bits per heavy atom. The molecule has 0 aliphatic heterocycles. The zero-order valence-corrected chi connectivity index (χ0v) is 20.2. The molecule has 4 N–H and O–H groups in total. The van der Waals surface area contributed by atoms with Crippen molar-refractivity contribution in [3.63, 3.8) is 0 Å². The number of esters is 1. The van der Waals surface area contributed by atoms with Crippen LogP contribution in [-0.4, -0.2) is 49.9 Å². The summed E-state index contributed by atoms with van der Waals surface area (Å²) in [6.45, 7) is 0.316. The molecule has 36 heavy (non-hydrogen) atoms. The average Bonchev–Trinajstić information content (AvgIpc) is 2.88. The van der Waals surface area contributed by atoms with E-state index in [1.807, 2.05) is 24.3 Å². The van der Waals surface area contributed by atoms with E-state index in [1.165, 1.54) is 7.11 Å².